The fourth-order valence-electron chi connectivity index (χ4n) is 6.15. The molecule has 0 aliphatic heterocycles. The Labute approximate surface area is 274 Å². The van der Waals surface area contributed by atoms with Crippen molar-refractivity contribution in [2.45, 2.75) is 78.8 Å². The van der Waals surface area contributed by atoms with Gasteiger partial charge in [-0.2, -0.15) is 0 Å². The van der Waals surface area contributed by atoms with E-state index in [0.29, 0.717) is 5.66 Å². The van der Waals surface area contributed by atoms with Crippen molar-refractivity contribution in [1.29, 1.82) is 0 Å². The zero-order valence-electron chi connectivity index (χ0n) is 27.0. The third-order valence-electron chi connectivity index (χ3n) is 7.72. The van der Waals surface area contributed by atoms with Gasteiger partial charge in [0.25, 0.3) is 0 Å². The summed E-state index contributed by atoms with van der Waals surface area (Å²) in [5.74, 6) is 0. The third-order valence-corrected chi connectivity index (χ3v) is 12.9. The van der Waals surface area contributed by atoms with Crippen molar-refractivity contribution >= 4 is 37.5 Å². The molecule has 0 N–H and O–H groups in total. The fourth-order valence-corrected chi connectivity index (χ4v) is 11.9. The molecule has 5 heteroatoms. The molecule has 2 aromatic carbocycles. The van der Waals surface area contributed by atoms with Crippen LogP contribution in [0, 0.1) is 42.5 Å². The van der Waals surface area contributed by atoms with E-state index in [1.165, 1.54) is 58.5 Å². The van der Waals surface area contributed by atoms with Gasteiger partial charge in [-0.1, -0.05) is 83.3 Å². The molecule has 0 saturated carbocycles. The SMILES string of the molecule is C1=CCCC1.Cc1cc(C)cc(P(c2cc(C)cc(C)c2)[C@H](C)C2=C(P(c3ccco3)c3ccco3)CCC2)c1.[CH3-].[CH3-].[Fe+2]. The quantitative estimate of drug-likeness (QED) is 0.0858. The molecular weight excluding hydrogens is 606 g/mol. The van der Waals surface area contributed by atoms with Crippen molar-refractivity contribution in [3.8, 4) is 0 Å². The third kappa shape index (κ3) is 9.19. The number of hydrogen-bond donors (Lipinski definition) is 0. The molecule has 0 unspecified atom stereocenters. The average Bonchev–Trinajstić information content (AvgIpc) is 3.74. The minimum atomic E-state index is -0.780. The molecule has 43 heavy (non-hydrogen) atoms. The summed E-state index contributed by atoms with van der Waals surface area (Å²) in [7, 11) is -1.34. The summed E-state index contributed by atoms with van der Waals surface area (Å²) < 4.78 is 12.0. The van der Waals surface area contributed by atoms with Gasteiger partial charge in [0.15, 0.2) is 0 Å². The number of allylic oxidation sites excluding steroid dienone is 4. The Hall–Kier alpha value is -2.14. The van der Waals surface area contributed by atoms with Crippen LogP contribution in [0.1, 0.15) is 67.7 Å². The van der Waals surface area contributed by atoms with Crippen LogP contribution in [0.4, 0.5) is 0 Å². The van der Waals surface area contributed by atoms with E-state index in [4.69, 9.17) is 8.83 Å². The van der Waals surface area contributed by atoms with Crippen LogP contribution >= 0.6 is 15.8 Å². The standard InChI is InChI=1S/C31H34O2P2.C5H8.2CH3.Fe/c1-21-15-22(2)18-26(17-21)34(27-19-23(3)16-24(4)20-27)25(5)28-9-6-10-29(28)35(30-11-7-13-32-30)31-12-8-14-33-31;1-2-4-5-3-1;;;/h7-8,11-20,25H,6,9-10H2,1-5H3;1-2H,3-5H2;2*1H3;/q;;2*-1;+2/t25-;;;;/m1..../s1. The van der Waals surface area contributed by atoms with Crippen LogP contribution in [0.15, 0.2) is 105 Å². The molecule has 230 valence electrons. The zero-order valence-corrected chi connectivity index (χ0v) is 29.9. The first-order valence-corrected chi connectivity index (χ1v) is 17.4. The Morgan fingerprint density at radius 3 is 1.49 bits per heavy atom. The Morgan fingerprint density at radius 1 is 0.651 bits per heavy atom. The predicted octanol–water partition coefficient (Wildman–Crippen LogP) is 10.1. The van der Waals surface area contributed by atoms with E-state index in [9.17, 15) is 0 Å². The van der Waals surface area contributed by atoms with Gasteiger partial charge < -0.3 is 23.7 Å². The molecule has 0 amide bonds. The molecule has 2 heterocycles. The summed E-state index contributed by atoms with van der Waals surface area (Å²) in [5, 5.41) is 4.52. The Bertz CT molecular complexity index is 1340. The van der Waals surface area contributed by atoms with Crippen LogP contribution in [0.2, 0.25) is 0 Å². The van der Waals surface area contributed by atoms with E-state index in [1.54, 1.807) is 23.4 Å². The van der Waals surface area contributed by atoms with Crippen molar-refractivity contribution in [2.75, 3.05) is 0 Å². The molecule has 0 spiro atoms. The van der Waals surface area contributed by atoms with Crippen LogP contribution in [0.3, 0.4) is 0 Å². The Morgan fingerprint density at radius 2 is 1.12 bits per heavy atom. The molecule has 2 aliphatic carbocycles. The van der Waals surface area contributed by atoms with Gasteiger partial charge in [-0.3, -0.25) is 0 Å². The van der Waals surface area contributed by atoms with Gasteiger partial charge >= 0.3 is 17.1 Å². The van der Waals surface area contributed by atoms with E-state index in [1.807, 2.05) is 12.1 Å². The van der Waals surface area contributed by atoms with Crippen molar-refractivity contribution < 1.29 is 25.9 Å². The molecule has 2 nitrogen and oxygen atoms in total. The van der Waals surface area contributed by atoms with Crippen molar-refractivity contribution in [3.05, 3.63) is 133 Å². The van der Waals surface area contributed by atoms with Gasteiger partial charge in [0.05, 0.1) is 20.4 Å². The zero-order chi connectivity index (χ0) is 28.1. The van der Waals surface area contributed by atoms with E-state index >= 15 is 0 Å². The van der Waals surface area contributed by atoms with Crippen LogP contribution in [-0.2, 0) is 17.1 Å². The Balaban J connectivity index is 0.000000734. The van der Waals surface area contributed by atoms with E-state index in [0.717, 1.165) is 23.8 Å². The first-order valence-electron chi connectivity index (χ1n) is 14.6. The minimum absolute atomic E-state index is 0. The molecule has 2 aromatic heterocycles. The second-order valence-electron chi connectivity index (χ2n) is 11.2. The maximum atomic E-state index is 5.99. The van der Waals surface area contributed by atoms with E-state index in [-0.39, 0.29) is 31.9 Å². The Kier molecular flexibility index (Phi) is 15.0. The second-order valence-corrected chi connectivity index (χ2v) is 15.8. The van der Waals surface area contributed by atoms with Gasteiger partial charge in [0.2, 0.25) is 0 Å². The molecule has 4 aromatic rings. The number of hydrogen-bond acceptors (Lipinski definition) is 2. The molecule has 0 bridgehead atoms. The van der Waals surface area contributed by atoms with Crippen molar-refractivity contribution in [2.24, 2.45) is 0 Å². The van der Waals surface area contributed by atoms with Gasteiger partial charge in [-0.05, 0) is 114 Å². The molecule has 2 aliphatic rings. The fraction of sp³-hybridized carbons (Fsp3) is 0.316. The average molecular weight is 655 g/mol. The number of furan rings is 2. The normalized spacial score (nSPS) is 14.6. The second kappa shape index (κ2) is 17.4. The van der Waals surface area contributed by atoms with Gasteiger partial charge in [-0.15, -0.1) is 0 Å². The molecule has 0 radical (unpaired) electrons. The van der Waals surface area contributed by atoms with Gasteiger partial charge in [0.1, 0.15) is 11.0 Å². The van der Waals surface area contributed by atoms with Gasteiger partial charge in [0, 0.05) is 5.66 Å². The molecule has 6 rings (SSSR count). The first kappa shape index (κ1) is 37.0. The smallest absolute Gasteiger partial charge is 0.464 e. The summed E-state index contributed by atoms with van der Waals surface area (Å²) in [4.78, 5) is 0. The summed E-state index contributed by atoms with van der Waals surface area (Å²) in [5.41, 5.74) is 9.53. The molecule has 0 saturated heterocycles. The summed E-state index contributed by atoms with van der Waals surface area (Å²) >= 11 is 0. The molecular formula is C38H48FeO2P2. The topological polar surface area (TPSA) is 26.3 Å². The number of benzene rings is 2. The van der Waals surface area contributed by atoms with Crippen molar-refractivity contribution in [1.82, 2.24) is 0 Å². The van der Waals surface area contributed by atoms with E-state index < -0.39 is 15.8 Å². The largest absolute Gasteiger partial charge is 2.00 e. The van der Waals surface area contributed by atoms with Crippen LogP contribution in [0.25, 0.3) is 0 Å². The maximum Gasteiger partial charge on any atom is 2.00 e. The summed E-state index contributed by atoms with van der Waals surface area (Å²) in [6, 6.07) is 22.5. The monoisotopic (exact) mass is 654 g/mol. The van der Waals surface area contributed by atoms with E-state index in [2.05, 4.69) is 95.3 Å². The molecule has 0 fully saturated rings. The number of rotatable bonds is 7. The predicted molar refractivity (Wildman–Crippen MR) is 188 cm³/mol. The van der Waals surface area contributed by atoms with Crippen LogP contribution in [-0.4, -0.2) is 5.66 Å². The maximum absolute atomic E-state index is 5.99. The van der Waals surface area contributed by atoms with Crippen LogP contribution in [0.5, 0.6) is 0 Å². The van der Waals surface area contributed by atoms with Crippen molar-refractivity contribution in [3.63, 3.8) is 0 Å². The summed E-state index contributed by atoms with van der Waals surface area (Å²) in [6.07, 6.45) is 15.6. The van der Waals surface area contributed by atoms with Gasteiger partial charge in [-0.25, -0.2) is 0 Å². The minimum Gasteiger partial charge on any atom is -0.464 e. The summed E-state index contributed by atoms with van der Waals surface area (Å²) in [6.45, 7) is 11.4. The number of aryl methyl sites for hydroxylation is 4. The van der Waals surface area contributed by atoms with Crippen LogP contribution < -0.4 is 21.6 Å². The molecule has 1 atom stereocenters. The first-order chi connectivity index (χ1) is 19.4.